The summed E-state index contributed by atoms with van der Waals surface area (Å²) in [5.41, 5.74) is 2.73. The van der Waals surface area contributed by atoms with Gasteiger partial charge in [-0.1, -0.05) is 45.2 Å². The maximum absolute atomic E-state index is 12.1. The van der Waals surface area contributed by atoms with E-state index >= 15 is 0 Å². The summed E-state index contributed by atoms with van der Waals surface area (Å²) in [6.45, 7) is 7.06. The molecule has 0 saturated carbocycles. The monoisotopic (exact) mass is 469 g/mol. The number of hydrogen-bond acceptors (Lipinski definition) is 4. The second kappa shape index (κ2) is 13.5. The summed E-state index contributed by atoms with van der Waals surface area (Å²) >= 11 is 5.67. The minimum Gasteiger partial charge on any atom is -0.506 e. The van der Waals surface area contributed by atoms with Gasteiger partial charge in [-0.3, -0.25) is 0 Å². The molecule has 0 aliphatic heterocycles. The van der Waals surface area contributed by atoms with Crippen molar-refractivity contribution in [3.05, 3.63) is 46.5 Å². The maximum atomic E-state index is 12.1. The van der Waals surface area contributed by atoms with Gasteiger partial charge >= 0.3 is 0 Å². The van der Waals surface area contributed by atoms with Gasteiger partial charge in [0.05, 0.1) is 29.0 Å². The number of methoxy groups -OCH3 is 2. The lowest BCUT2D eigenvalue weighted by Crippen LogP contribution is -2.24. The van der Waals surface area contributed by atoms with Crippen LogP contribution in [0.15, 0.2) is 35.2 Å². The first kappa shape index (κ1) is 27.1. The van der Waals surface area contributed by atoms with Crippen LogP contribution in [0.1, 0.15) is 51.2 Å². The van der Waals surface area contributed by atoms with Gasteiger partial charge in [0.15, 0.2) is 11.5 Å². The van der Waals surface area contributed by atoms with Crippen LogP contribution in [-0.2, 0) is 22.5 Å². The Bertz CT molecular complexity index is 929. The normalized spacial score (nSPS) is 12.5. The van der Waals surface area contributed by atoms with E-state index < -0.39 is 9.71 Å². The zero-order chi connectivity index (χ0) is 23.4. The Hall–Kier alpha value is -1.89. The third-order valence-electron chi connectivity index (χ3n) is 4.77. The summed E-state index contributed by atoms with van der Waals surface area (Å²) in [5.74, 6) is 5.23. The minimum absolute atomic E-state index is 0.0761. The predicted octanol–water partition coefficient (Wildman–Crippen LogP) is 5.64. The largest absolute Gasteiger partial charge is 0.506 e. The topological polar surface area (TPSA) is 67.8 Å². The van der Waals surface area contributed by atoms with E-state index in [9.17, 15) is 9.32 Å². The molecule has 0 aliphatic rings. The number of phenolic OH excluding ortho intramolecular Hbond substituents is 1. The molecular formula is C24H36ClNO4S. The van der Waals surface area contributed by atoms with E-state index in [1.807, 2.05) is 0 Å². The Balaban J connectivity index is 0.000000311. The SMILES string of the molecule is C=S(=O)(NCCCC)c1ccc(Cl)c(O)c1.CCCc1cc(OC)c(OC)cc1CC. The van der Waals surface area contributed by atoms with E-state index in [0.717, 1.165) is 43.6 Å². The van der Waals surface area contributed by atoms with Crippen LogP contribution >= 0.6 is 11.6 Å². The van der Waals surface area contributed by atoms with Gasteiger partial charge in [-0.15, -0.1) is 0 Å². The van der Waals surface area contributed by atoms with Crippen LogP contribution in [0, 0.1) is 0 Å². The highest BCUT2D eigenvalue weighted by atomic mass is 35.5. The van der Waals surface area contributed by atoms with Gasteiger partial charge in [-0.25, -0.2) is 8.93 Å². The zero-order valence-corrected chi connectivity index (χ0v) is 20.9. The third kappa shape index (κ3) is 8.28. The first-order chi connectivity index (χ1) is 14.7. The van der Waals surface area contributed by atoms with E-state index in [4.69, 9.17) is 21.1 Å². The number of rotatable bonds is 10. The number of hydrogen-bond donors (Lipinski definition) is 2. The van der Waals surface area contributed by atoms with Crippen LogP contribution in [-0.4, -0.2) is 36.0 Å². The van der Waals surface area contributed by atoms with Crippen molar-refractivity contribution in [2.24, 2.45) is 0 Å². The highest BCUT2D eigenvalue weighted by molar-refractivity contribution is 7.98. The Morgan fingerprint density at radius 1 is 1.03 bits per heavy atom. The van der Waals surface area contributed by atoms with Gasteiger partial charge in [-0.05, 0) is 66.6 Å². The molecule has 0 fully saturated rings. The van der Waals surface area contributed by atoms with Gasteiger partial charge in [0.2, 0.25) is 0 Å². The van der Waals surface area contributed by atoms with E-state index in [0.29, 0.717) is 11.4 Å². The number of benzene rings is 2. The van der Waals surface area contributed by atoms with Gasteiger partial charge in [0.25, 0.3) is 0 Å². The molecule has 0 bridgehead atoms. The zero-order valence-electron chi connectivity index (χ0n) is 19.3. The fraction of sp³-hybridized carbons (Fsp3) is 0.458. The molecule has 0 aliphatic carbocycles. The summed E-state index contributed by atoms with van der Waals surface area (Å²) in [5, 5.41) is 9.67. The Morgan fingerprint density at radius 3 is 2.13 bits per heavy atom. The lowest BCUT2D eigenvalue weighted by Gasteiger charge is -2.13. The highest BCUT2D eigenvalue weighted by Gasteiger charge is 2.10. The Morgan fingerprint density at radius 2 is 1.65 bits per heavy atom. The van der Waals surface area contributed by atoms with Gasteiger partial charge in [0, 0.05) is 11.4 Å². The molecule has 0 saturated heterocycles. The molecule has 1 atom stereocenters. The molecule has 5 nitrogen and oxygen atoms in total. The van der Waals surface area contributed by atoms with Crippen molar-refractivity contribution < 1.29 is 18.8 Å². The molecule has 0 spiro atoms. The van der Waals surface area contributed by atoms with Crippen LogP contribution in [0.4, 0.5) is 0 Å². The van der Waals surface area contributed by atoms with Crippen LogP contribution in [0.3, 0.4) is 0 Å². The van der Waals surface area contributed by atoms with Gasteiger partial charge in [0.1, 0.15) is 5.75 Å². The molecule has 0 amide bonds. The number of aryl methyl sites for hydroxylation is 2. The Kier molecular flexibility index (Phi) is 11.8. The van der Waals surface area contributed by atoms with E-state index in [-0.39, 0.29) is 10.8 Å². The molecule has 174 valence electrons. The highest BCUT2D eigenvalue weighted by Crippen LogP contribution is 2.31. The van der Waals surface area contributed by atoms with E-state index in [1.165, 1.54) is 23.3 Å². The number of unbranched alkanes of at least 4 members (excludes halogenated alkanes) is 1. The summed E-state index contributed by atoms with van der Waals surface area (Å²) in [7, 11) is 0.817. The lowest BCUT2D eigenvalue weighted by atomic mass is 10.0. The molecule has 2 rings (SSSR count). The molecule has 0 heterocycles. The molecule has 1 unspecified atom stereocenters. The fourth-order valence-electron chi connectivity index (χ4n) is 2.99. The summed E-state index contributed by atoms with van der Waals surface area (Å²) in [6, 6.07) is 8.69. The number of halogens is 1. The number of ether oxygens (including phenoxy) is 2. The van der Waals surface area contributed by atoms with Crippen molar-refractivity contribution in [2.45, 2.75) is 57.8 Å². The number of phenols is 1. The van der Waals surface area contributed by atoms with Crippen molar-refractivity contribution in [3.8, 4) is 17.2 Å². The average molecular weight is 470 g/mol. The standard InChI is InChI=1S/C13H20O2.C11H16ClNO2S/c1-5-7-11-9-13(15-4)12(14-3)8-10(11)6-2;1-3-4-7-13-16(2,15)9-5-6-10(12)11(14)8-9/h8-9H,5-7H2,1-4H3;5-6,8,14H,2-4,7H2,1H3,(H,13,15). The van der Waals surface area contributed by atoms with E-state index in [1.54, 1.807) is 20.3 Å². The van der Waals surface area contributed by atoms with Gasteiger partial charge in [-0.2, -0.15) is 0 Å². The maximum Gasteiger partial charge on any atom is 0.161 e. The molecule has 2 aromatic rings. The Labute approximate surface area is 192 Å². The van der Waals surface area contributed by atoms with Crippen molar-refractivity contribution in [3.63, 3.8) is 0 Å². The van der Waals surface area contributed by atoms with Crippen LogP contribution in [0.2, 0.25) is 5.02 Å². The molecule has 2 aromatic carbocycles. The van der Waals surface area contributed by atoms with E-state index in [2.05, 4.69) is 43.5 Å². The second-order valence-electron chi connectivity index (χ2n) is 7.12. The minimum atomic E-state index is -2.54. The smallest absolute Gasteiger partial charge is 0.161 e. The third-order valence-corrected chi connectivity index (χ3v) is 6.78. The summed E-state index contributed by atoms with van der Waals surface area (Å²) in [6.07, 6.45) is 5.25. The van der Waals surface area contributed by atoms with Crippen LogP contribution < -0.4 is 14.2 Å². The quantitative estimate of drug-likeness (QED) is 0.348. The average Bonchev–Trinajstić information content (AvgIpc) is 2.76. The first-order valence-corrected chi connectivity index (χ1v) is 12.7. The lowest BCUT2D eigenvalue weighted by molar-refractivity contribution is 0.354. The second-order valence-corrected chi connectivity index (χ2v) is 9.63. The molecule has 31 heavy (non-hydrogen) atoms. The number of nitrogens with one attached hydrogen (secondary N) is 1. The fourth-order valence-corrected chi connectivity index (χ4v) is 4.34. The van der Waals surface area contributed by atoms with Crippen molar-refractivity contribution in [2.75, 3.05) is 20.8 Å². The first-order valence-electron chi connectivity index (χ1n) is 10.6. The summed E-state index contributed by atoms with van der Waals surface area (Å²) < 4.78 is 25.6. The molecular weight excluding hydrogens is 434 g/mol. The number of aromatic hydroxyl groups is 1. The van der Waals surface area contributed by atoms with Gasteiger partial charge < -0.3 is 14.6 Å². The van der Waals surface area contributed by atoms with Crippen molar-refractivity contribution in [1.82, 2.24) is 4.72 Å². The van der Waals surface area contributed by atoms with Crippen LogP contribution in [0.25, 0.3) is 0 Å². The van der Waals surface area contributed by atoms with Crippen molar-refractivity contribution >= 4 is 27.2 Å². The molecule has 0 radical (unpaired) electrons. The van der Waals surface area contributed by atoms with Crippen LogP contribution in [0.5, 0.6) is 17.2 Å². The molecule has 0 aromatic heterocycles. The molecule has 7 heteroatoms. The van der Waals surface area contributed by atoms with Crippen molar-refractivity contribution in [1.29, 1.82) is 0 Å². The summed E-state index contributed by atoms with van der Waals surface area (Å²) in [4.78, 5) is 0.463. The molecule has 2 N–H and O–H groups in total. The predicted molar refractivity (Wildman–Crippen MR) is 132 cm³/mol.